The molecule has 0 spiro atoms. The van der Waals surface area contributed by atoms with Crippen molar-refractivity contribution in [2.75, 3.05) is 24.4 Å². The van der Waals surface area contributed by atoms with Crippen molar-refractivity contribution in [2.45, 2.75) is 36.6 Å². The Labute approximate surface area is 121 Å². The van der Waals surface area contributed by atoms with E-state index in [0.717, 1.165) is 5.75 Å². The molecule has 0 bridgehead atoms. The van der Waals surface area contributed by atoms with Crippen molar-refractivity contribution in [1.29, 1.82) is 0 Å². The van der Waals surface area contributed by atoms with Gasteiger partial charge in [-0.05, 0) is 25.9 Å². The number of aromatic nitrogens is 3. The minimum absolute atomic E-state index is 0.372. The molecule has 106 valence electrons. The lowest BCUT2D eigenvalue weighted by molar-refractivity contribution is -0.144. The second-order valence-electron chi connectivity index (χ2n) is 4.10. The van der Waals surface area contributed by atoms with Gasteiger partial charge in [0.1, 0.15) is 5.54 Å². The molecule has 1 rings (SSSR count). The fourth-order valence-corrected chi connectivity index (χ4v) is 2.24. The molecule has 1 aromatic rings. The summed E-state index contributed by atoms with van der Waals surface area (Å²) in [6.45, 7) is 5.46. The number of methoxy groups -OCH3 is 1. The van der Waals surface area contributed by atoms with E-state index in [0.29, 0.717) is 16.3 Å². The Morgan fingerprint density at radius 1 is 1.32 bits per heavy atom. The zero-order valence-electron chi connectivity index (χ0n) is 11.7. The van der Waals surface area contributed by atoms with Crippen LogP contribution in [-0.4, -0.2) is 45.6 Å². The molecule has 0 amide bonds. The van der Waals surface area contributed by atoms with E-state index in [-0.39, 0.29) is 5.97 Å². The van der Waals surface area contributed by atoms with Gasteiger partial charge in [0.15, 0.2) is 10.3 Å². The Hall–Kier alpha value is -1.02. The summed E-state index contributed by atoms with van der Waals surface area (Å²) < 4.78 is 4.74. The third-order valence-corrected chi connectivity index (χ3v) is 3.45. The molecular formula is C11H18N4O2S2. The number of ether oxygens (including phenoxy) is 1. The summed E-state index contributed by atoms with van der Waals surface area (Å²) in [7, 11) is 1.35. The largest absolute Gasteiger partial charge is 0.467 e. The number of hydrogen-bond acceptors (Lipinski definition) is 8. The van der Waals surface area contributed by atoms with Crippen molar-refractivity contribution in [2.24, 2.45) is 0 Å². The van der Waals surface area contributed by atoms with Crippen LogP contribution in [-0.2, 0) is 9.53 Å². The van der Waals surface area contributed by atoms with Crippen LogP contribution in [0.4, 0.5) is 5.95 Å². The Balaban J connectivity index is 2.99. The predicted octanol–water partition coefficient (Wildman–Crippen LogP) is 2.07. The van der Waals surface area contributed by atoms with Crippen LogP contribution in [0.3, 0.4) is 0 Å². The van der Waals surface area contributed by atoms with Gasteiger partial charge in [-0.1, -0.05) is 30.4 Å². The maximum absolute atomic E-state index is 11.6. The van der Waals surface area contributed by atoms with Crippen molar-refractivity contribution in [3.63, 3.8) is 0 Å². The molecule has 6 nitrogen and oxygen atoms in total. The number of hydrogen-bond donors (Lipinski definition) is 1. The molecule has 0 aromatic carbocycles. The lowest BCUT2D eigenvalue weighted by Gasteiger charge is -2.23. The van der Waals surface area contributed by atoms with Crippen LogP contribution in [0.5, 0.6) is 0 Å². The summed E-state index contributed by atoms with van der Waals surface area (Å²) in [5.41, 5.74) is -0.889. The maximum atomic E-state index is 11.6. The Bertz CT molecular complexity index is 454. The van der Waals surface area contributed by atoms with E-state index in [9.17, 15) is 4.79 Å². The van der Waals surface area contributed by atoms with Gasteiger partial charge in [-0.25, -0.2) is 4.79 Å². The zero-order valence-corrected chi connectivity index (χ0v) is 13.3. The first-order chi connectivity index (χ1) is 8.92. The van der Waals surface area contributed by atoms with Gasteiger partial charge in [-0.2, -0.15) is 15.0 Å². The topological polar surface area (TPSA) is 77.0 Å². The molecule has 1 heterocycles. The van der Waals surface area contributed by atoms with Crippen molar-refractivity contribution >= 4 is 35.4 Å². The molecule has 0 aliphatic carbocycles. The highest BCUT2D eigenvalue weighted by atomic mass is 32.2. The highest BCUT2D eigenvalue weighted by Gasteiger charge is 2.29. The fraction of sp³-hybridized carbons (Fsp3) is 0.636. The minimum atomic E-state index is -0.889. The summed E-state index contributed by atoms with van der Waals surface area (Å²) >= 11 is 2.96. The SMILES string of the molecule is CCSc1nc(NC(C)(C)C(=O)OC)nc(SC)n1. The van der Waals surface area contributed by atoms with Gasteiger partial charge in [0, 0.05) is 0 Å². The van der Waals surface area contributed by atoms with Gasteiger partial charge in [-0.15, -0.1) is 0 Å². The van der Waals surface area contributed by atoms with E-state index in [1.165, 1.54) is 30.6 Å². The molecule has 0 saturated heterocycles. The lowest BCUT2D eigenvalue weighted by Crippen LogP contribution is -2.41. The first-order valence-electron chi connectivity index (χ1n) is 5.72. The second-order valence-corrected chi connectivity index (χ2v) is 6.11. The molecular weight excluding hydrogens is 284 g/mol. The number of rotatable bonds is 6. The summed E-state index contributed by atoms with van der Waals surface area (Å²) in [5.74, 6) is 0.881. The molecule has 0 atom stereocenters. The van der Waals surface area contributed by atoms with E-state index >= 15 is 0 Å². The summed E-state index contributed by atoms with van der Waals surface area (Å²) in [5, 5.41) is 4.24. The van der Waals surface area contributed by atoms with E-state index < -0.39 is 5.54 Å². The molecule has 0 radical (unpaired) electrons. The Morgan fingerprint density at radius 2 is 1.95 bits per heavy atom. The van der Waals surface area contributed by atoms with Crippen molar-refractivity contribution < 1.29 is 9.53 Å². The molecule has 1 aromatic heterocycles. The van der Waals surface area contributed by atoms with E-state index in [1.807, 2.05) is 13.2 Å². The second kappa shape index (κ2) is 6.95. The molecule has 1 N–H and O–H groups in total. The third kappa shape index (κ3) is 4.54. The predicted molar refractivity (Wildman–Crippen MR) is 77.7 cm³/mol. The first kappa shape index (κ1) is 16.0. The van der Waals surface area contributed by atoms with Crippen molar-refractivity contribution in [3.8, 4) is 0 Å². The maximum Gasteiger partial charge on any atom is 0.330 e. The normalized spacial score (nSPS) is 11.2. The van der Waals surface area contributed by atoms with Crippen molar-refractivity contribution in [3.05, 3.63) is 0 Å². The van der Waals surface area contributed by atoms with E-state index in [2.05, 4.69) is 20.3 Å². The van der Waals surface area contributed by atoms with Crippen LogP contribution >= 0.6 is 23.5 Å². The van der Waals surface area contributed by atoms with Gasteiger partial charge in [0.25, 0.3) is 0 Å². The van der Waals surface area contributed by atoms with Gasteiger partial charge >= 0.3 is 5.97 Å². The van der Waals surface area contributed by atoms with Crippen LogP contribution in [0, 0.1) is 0 Å². The average molecular weight is 302 g/mol. The minimum Gasteiger partial charge on any atom is -0.467 e. The number of nitrogens with zero attached hydrogens (tertiary/aromatic N) is 3. The molecule has 19 heavy (non-hydrogen) atoms. The van der Waals surface area contributed by atoms with Crippen LogP contribution in [0.15, 0.2) is 10.3 Å². The van der Waals surface area contributed by atoms with E-state index in [4.69, 9.17) is 4.74 Å². The smallest absolute Gasteiger partial charge is 0.330 e. The van der Waals surface area contributed by atoms with Gasteiger partial charge < -0.3 is 10.1 Å². The molecule has 0 saturated carbocycles. The van der Waals surface area contributed by atoms with Crippen LogP contribution in [0.25, 0.3) is 0 Å². The van der Waals surface area contributed by atoms with Crippen LogP contribution < -0.4 is 5.32 Å². The third-order valence-electron chi connectivity index (χ3n) is 2.17. The Morgan fingerprint density at radius 3 is 2.47 bits per heavy atom. The quantitative estimate of drug-likeness (QED) is 0.632. The molecule has 0 aliphatic rings. The molecule has 0 fully saturated rings. The molecule has 8 heteroatoms. The van der Waals surface area contributed by atoms with Gasteiger partial charge in [-0.3, -0.25) is 0 Å². The van der Waals surface area contributed by atoms with Gasteiger partial charge in [0.05, 0.1) is 7.11 Å². The summed E-state index contributed by atoms with van der Waals surface area (Å²) in [6, 6.07) is 0. The van der Waals surface area contributed by atoms with Crippen LogP contribution in [0.1, 0.15) is 20.8 Å². The molecule has 0 unspecified atom stereocenters. The summed E-state index contributed by atoms with van der Waals surface area (Å²) in [4.78, 5) is 24.4. The average Bonchev–Trinajstić information content (AvgIpc) is 2.37. The first-order valence-corrected chi connectivity index (χ1v) is 7.93. The standard InChI is InChI=1S/C11H18N4O2S2/c1-6-19-10-13-8(12-9(14-10)18-5)15-11(2,3)7(16)17-4/h6H2,1-5H3,(H,12,13,14,15). The monoisotopic (exact) mass is 302 g/mol. The fourth-order valence-electron chi connectivity index (χ4n) is 1.26. The number of thioether (sulfide) groups is 2. The number of esters is 1. The number of nitrogens with one attached hydrogen (secondary N) is 1. The number of anilines is 1. The van der Waals surface area contributed by atoms with Crippen LogP contribution in [0.2, 0.25) is 0 Å². The summed E-state index contributed by atoms with van der Waals surface area (Å²) in [6.07, 6.45) is 1.89. The number of carbonyl (C=O) groups excluding carboxylic acids is 1. The van der Waals surface area contributed by atoms with Crippen molar-refractivity contribution in [1.82, 2.24) is 15.0 Å². The molecule has 0 aliphatic heterocycles. The lowest BCUT2D eigenvalue weighted by atomic mass is 10.1. The van der Waals surface area contributed by atoms with Gasteiger partial charge in [0.2, 0.25) is 5.95 Å². The highest BCUT2D eigenvalue weighted by molar-refractivity contribution is 7.99. The zero-order chi connectivity index (χ0) is 14.5. The number of carbonyl (C=O) groups is 1. The van der Waals surface area contributed by atoms with E-state index in [1.54, 1.807) is 13.8 Å². The highest BCUT2D eigenvalue weighted by Crippen LogP contribution is 2.20. The Kier molecular flexibility index (Phi) is 5.86.